The number of hydrogen-bond acceptors (Lipinski definition) is 5. The van der Waals surface area contributed by atoms with Crippen molar-refractivity contribution >= 4 is 28.3 Å². The SMILES string of the molecule is Cn1ncc2c(=O)n(CC(=O)N[C@H](c3ccc(F)cc3)c3cccs3)cnc21. The van der Waals surface area contributed by atoms with Crippen LogP contribution in [0.25, 0.3) is 11.0 Å². The van der Waals surface area contributed by atoms with Crippen molar-refractivity contribution in [2.45, 2.75) is 12.6 Å². The zero-order valence-electron chi connectivity index (χ0n) is 14.9. The first-order valence-corrected chi connectivity index (χ1v) is 9.36. The number of aryl methyl sites for hydroxylation is 1. The van der Waals surface area contributed by atoms with E-state index in [1.165, 1.54) is 45.2 Å². The molecular formula is C19H16FN5O2S. The first-order valence-electron chi connectivity index (χ1n) is 8.48. The number of amides is 1. The van der Waals surface area contributed by atoms with Gasteiger partial charge in [-0.2, -0.15) is 5.10 Å². The van der Waals surface area contributed by atoms with Crippen molar-refractivity contribution in [1.29, 1.82) is 0 Å². The average molecular weight is 397 g/mol. The molecule has 1 N–H and O–H groups in total. The first kappa shape index (κ1) is 18.1. The molecule has 0 aliphatic carbocycles. The smallest absolute Gasteiger partial charge is 0.264 e. The van der Waals surface area contributed by atoms with Crippen molar-refractivity contribution in [1.82, 2.24) is 24.6 Å². The number of aromatic nitrogens is 4. The fourth-order valence-corrected chi connectivity index (χ4v) is 3.77. The maximum Gasteiger partial charge on any atom is 0.264 e. The minimum absolute atomic E-state index is 0.181. The Hall–Kier alpha value is -3.33. The Kier molecular flexibility index (Phi) is 4.74. The van der Waals surface area contributed by atoms with Crippen LogP contribution in [0, 0.1) is 5.82 Å². The third-order valence-corrected chi connectivity index (χ3v) is 5.31. The zero-order valence-corrected chi connectivity index (χ0v) is 15.7. The molecule has 3 heterocycles. The minimum atomic E-state index is -0.432. The summed E-state index contributed by atoms with van der Waals surface area (Å²) in [5.74, 6) is -0.697. The van der Waals surface area contributed by atoms with Gasteiger partial charge in [0.25, 0.3) is 5.56 Å². The molecule has 0 saturated heterocycles. The van der Waals surface area contributed by atoms with Gasteiger partial charge in [-0.1, -0.05) is 18.2 Å². The van der Waals surface area contributed by atoms with Gasteiger partial charge in [0.05, 0.1) is 12.2 Å². The van der Waals surface area contributed by atoms with E-state index in [2.05, 4.69) is 15.4 Å². The summed E-state index contributed by atoms with van der Waals surface area (Å²) in [5, 5.41) is 9.20. The molecule has 1 aromatic carbocycles. The second-order valence-corrected chi connectivity index (χ2v) is 7.23. The van der Waals surface area contributed by atoms with Crippen LogP contribution in [0.1, 0.15) is 16.5 Å². The second-order valence-electron chi connectivity index (χ2n) is 6.25. The van der Waals surface area contributed by atoms with Crippen LogP contribution in [-0.2, 0) is 18.4 Å². The van der Waals surface area contributed by atoms with Crippen LogP contribution in [0.5, 0.6) is 0 Å². The van der Waals surface area contributed by atoms with Gasteiger partial charge in [-0.05, 0) is 29.1 Å². The lowest BCUT2D eigenvalue weighted by molar-refractivity contribution is -0.122. The summed E-state index contributed by atoms with van der Waals surface area (Å²) in [7, 11) is 1.69. The summed E-state index contributed by atoms with van der Waals surface area (Å²) in [6, 6.07) is 9.32. The van der Waals surface area contributed by atoms with E-state index in [1.807, 2.05) is 17.5 Å². The number of carbonyl (C=O) groups is 1. The van der Waals surface area contributed by atoms with Gasteiger partial charge in [-0.25, -0.2) is 9.37 Å². The van der Waals surface area contributed by atoms with E-state index in [1.54, 1.807) is 19.2 Å². The molecule has 0 aliphatic heterocycles. The fraction of sp³-hybridized carbons (Fsp3) is 0.158. The molecule has 0 unspecified atom stereocenters. The summed E-state index contributed by atoms with van der Waals surface area (Å²) in [4.78, 5) is 30.3. The Morgan fingerprint density at radius 3 is 2.79 bits per heavy atom. The van der Waals surface area contributed by atoms with Gasteiger partial charge in [0.1, 0.15) is 24.1 Å². The van der Waals surface area contributed by atoms with Gasteiger partial charge in [0.2, 0.25) is 5.91 Å². The van der Waals surface area contributed by atoms with Crippen molar-refractivity contribution in [2.75, 3.05) is 0 Å². The number of nitrogens with one attached hydrogen (secondary N) is 1. The lowest BCUT2D eigenvalue weighted by Gasteiger charge is -2.18. The number of thiophene rings is 1. The number of carbonyl (C=O) groups excluding carboxylic acids is 1. The van der Waals surface area contributed by atoms with Crippen molar-refractivity contribution in [3.63, 3.8) is 0 Å². The van der Waals surface area contributed by atoms with E-state index in [4.69, 9.17) is 0 Å². The van der Waals surface area contributed by atoms with E-state index in [-0.39, 0.29) is 23.8 Å². The molecule has 1 atom stereocenters. The highest BCUT2D eigenvalue weighted by Gasteiger charge is 2.19. The lowest BCUT2D eigenvalue weighted by Crippen LogP contribution is -2.35. The van der Waals surface area contributed by atoms with E-state index in [9.17, 15) is 14.0 Å². The topological polar surface area (TPSA) is 81.8 Å². The number of halogens is 1. The number of rotatable bonds is 5. The van der Waals surface area contributed by atoms with Gasteiger partial charge >= 0.3 is 0 Å². The van der Waals surface area contributed by atoms with Gasteiger partial charge in [0.15, 0.2) is 5.65 Å². The van der Waals surface area contributed by atoms with Gasteiger partial charge in [-0.15, -0.1) is 11.3 Å². The van der Waals surface area contributed by atoms with Gasteiger partial charge < -0.3 is 5.32 Å². The summed E-state index contributed by atoms with van der Waals surface area (Å²) >= 11 is 1.49. The van der Waals surface area contributed by atoms with Crippen LogP contribution < -0.4 is 10.9 Å². The maximum atomic E-state index is 13.3. The van der Waals surface area contributed by atoms with Crippen molar-refractivity contribution in [3.05, 3.63) is 80.9 Å². The molecule has 0 saturated carbocycles. The molecule has 142 valence electrons. The van der Waals surface area contributed by atoms with E-state index in [0.717, 1.165) is 10.4 Å². The molecule has 0 bridgehead atoms. The Bertz CT molecular complexity index is 1180. The van der Waals surface area contributed by atoms with E-state index < -0.39 is 6.04 Å². The molecule has 0 radical (unpaired) electrons. The quantitative estimate of drug-likeness (QED) is 0.560. The standard InChI is InChI=1S/C19H16FN5O2S/c1-24-18-14(9-22-24)19(27)25(11-21-18)10-16(26)23-17(15-3-2-8-28-15)12-4-6-13(20)7-5-12/h2-9,11,17H,10H2,1H3,(H,23,26)/t17-/m1/s1. The summed E-state index contributed by atoms with van der Waals surface area (Å²) in [6.45, 7) is -0.181. The summed E-state index contributed by atoms with van der Waals surface area (Å²) in [6.07, 6.45) is 2.77. The van der Waals surface area contributed by atoms with Crippen LogP contribution in [0.4, 0.5) is 4.39 Å². The van der Waals surface area contributed by atoms with Crippen molar-refractivity contribution in [2.24, 2.45) is 7.05 Å². The highest BCUT2D eigenvalue weighted by molar-refractivity contribution is 7.10. The van der Waals surface area contributed by atoms with Crippen LogP contribution >= 0.6 is 11.3 Å². The molecule has 3 aromatic heterocycles. The monoisotopic (exact) mass is 397 g/mol. The molecule has 4 aromatic rings. The van der Waals surface area contributed by atoms with E-state index in [0.29, 0.717) is 11.0 Å². The number of benzene rings is 1. The summed E-state index contributed by atoms with van der Waals surface area (Å²) in [5.41, 5.74) is 0.887. The number of nitrogens with zero attached hydrogens (tertiary/aromatic N) is 4. The molecule has 7 nitrogen and oxygen atoms in total. The average Bonchev–Trinajstić information content (AvgIpc) is 3.34. The van der Waals surface area contributed by atoms with Crippen LogP contribution in [0.2, 0.25) is 0 Å². The highest BCUT2D eigenvalue weighted by atomic mass is 32.1. The third-order valence-electron chi connectivity index (χ3n) is 4.37. The normalized spacial score (nSPS) is 12.2. The predicted molar refractivity (Wildman–Crippen MR) is 103 cm³/mol. The lowest BCUT2D eigenvalue weighted by atomic mass is 10.1. The molecule has 9 heteroatoms. The largest absolute Gasteiger partial charge is 0.343 e. The second kappa shape index (κ2) is 7.35. The minimum Gasteiger partial charge on any atom is -0.343 e. The van der Waals surface area contributed by atoms with Crippen LogP contribution in [-0.4, -0.2) is 25.2 Å². The van der Waals surface area contributed by atoms with Crippen molar-refractivity contribution < 1.29 is 9.18 Å². The predicted octanol–water partition coefficient (Wildman–Crippen LogP) is 2.24. The maximum absolute atomic E-state index is 13.3. The molecule has 0 spiro atoms. The Labute approximate surface area is 163 Å². The van der Waals surface area contributed by atoms with Crippen LogP contribution in [0.15, 0.2) is 59.1 Å². The molecular weight excluding hydrogens is 381 g/mol. The van der Waals surface area contributed by atoms with Gasteiger partial charge in [0, 0.05) is 11.9 Å². The molecule has 0 aliphatic rings. The van der Waals surface area contributed by atoms with Crippen molar-refractivity contribution in [3.8, 4) is 0 Å². The number of hydrogen-bond donors (Lipinski definition) is 1. The summed E-state index contributed by atoms with van der Waals surface area (Å²) < 4.78 is 16.0. The Balaban J connectivity index is 1.59. The Morgan fingerprint density at radius 2 is 2.07 bits per heavy atom. The Morgan fingerprint density at radius 1 is 1.29 bits per heavy atom. The molecule has 0 fully saturated rings. The molecule has 1 amide bonds. The molecule has 4 rings (SSSR count). The van der Waals surface area contributed by atoms with Gasteiger partial charge in [-0.3, -0.25) is 18.8 Å². The highest BCUT2D eigenvalue weighted by Crippen LogP contribution is 2.26. The van der Waals surface area contributed by atoms with E-state index >= 15 is 0 Å². The zero-order chi connectivity index (χ0) is 19.7. The molecule has 28 heavy (non-hydrogen) atoms. The fourth-order valence-electron chi connectivity index (χ4n) is 2.97. The first-order chi connectivity index (χ1) is 13.5. The third kappa shape index (κ3) is 3.44. The van der Waals surface area contributed by atoms with Crippen LogP contribution in [0.3, 0.4) is 0 Å². The number of fused-ring (bicyclic) bond motifs is 1.